The van der Waals surface area contributed by atoms with E-state index in [4.69, 9.17) is 0 Å². The molecular formula is C22H18F4N4O3S. The zero-order valence-corrected chi connectivity index (χ0v) is 18.5. The molecule has 0 aliphatic heterocycles. The van der Waals surface area contributed by atoms with Gasteiger partial charge in [-0.2, -0.15) is 13.2 Å². The summed E-state index contributed by atoms with van der Waals surface area (Å²) in [4.78, 5) is 33.4. The van der Waals surface area contributed by atoms with Gasteiger partial charge in [0.15, 0.2) is 11.7 Å². The number of anilines is 2. The molecule has 0 fully saturated rings. The van der Waals surface area contributed by atoms with Gasteiger partial charge in [0.2, 0.25) is 17.7 Å². The van der Waals surface area contributed by atoms with E-state index in [1.54, 1.807) is 11.4 Å². The topological polar surface area (TPSA) is 84.4 Å². The minimum absolute atomic E-state index is 0.0534. The number of ether oxygens (including phenoxy) is 1. The quantitative estimate of drug-likeness (QED) is 0.365. The normalized spacial score (nSPS) is 11.4. The van der Waals surface area contributed by atoms with Gasteiger partial charge in [-0.1, -0.05) is 18.2 Å². The number of nitrogens with one attached hydrogen (secondary N) is 1. The van der Waals surface area contributed by atoms with Crippen molar-refractivity contribution < 1.29 is 31.9 Å². The lowest BCUT2D eigenvalue weighted by Gasteiger charge is -2.18. The minimum atomic E-state index is -4.52. The van der Waals surface area contributed by atoms with Crippen molar-refractivity contribution in [2.24, 2.45) is 0 Å². The van der Waals surface area contributed by atoms with Gasteiger partial charge in [0, 0.05) is 36.7 Å². The number of pyridine rings is 1. The number of rotatable bonds is 8. The van der Waals surface area contributed by atoms with Crippen molar-refractivity contribution in [2.75, 3.05) is 11.5 Å². The van der Waals surface area contributed by atoms with Gasteiger partial charge < -0.3 is 10.1 Å². The number of halogens is 4. The first-order valence-electron chi connectivity index (χ1n) is 9.74. The summed E-state index contributed by atoms with van der Waals surface area (Å²) in [6.45, 7) is -0.332. The maximum Gasteiger partial charge on any atom is 0.422 e. The molecule has 0 saturated heterocycles. The van der Waals surface area contributed by atoms with E-state index in [-0.39, 0.29) is 28.8 Å². The van der Waals surface area contributed by atoms with Crippen LogP contribution in [0, 0.1) is 5.82 Å². The maximum atomic E-state index is 14.2. The molecule has 34 heavy (non-hydrogen) atoms. The molecule has 0 aliphatic rings. The molecule has 0 aliphatic carbocycles. The smallest absolute Gasteiger partial charge is 0.422 e. The average molecular weight is 494 g/mol. The second-order valence-electron chi connectivity index (χ2n) is 6.78. The SMILES string of the molecule is CC(=O)N(c1nc(/C=C/C(=O)NCc2cccnc2OCC(F)(F)F)cs1)c1ccccc1F. The van der Waals surface area contributed by atoms with Crippen LogP contribution in [-0.2, 0) is 16.1 Å². The number of aromatic nitrogens is 2. The molecule has 0 saturated carbocycles. The van der Waals surface area contributed by atoms with Crippen LogP contribution in [0.2, 0.25) is 0 Å². The zero-order valence-electron chi connectivity index (χ0n) is 17.7. The third-order valence-corrected chi connectivity index (χ3v) is 5.03. The van der Waals surface area contributed by atoms with Crippen molar-refractivity contribution in [1.29, 1.82) is 0 Å². The standard InChI is InChI=1S/C22H18F4N4O3S/c1-14(31)30(18-7-3-2-6-17(18)23)21-29-16(12-34-21)8-9-19(32)28-11-15-5-4-10-27-20(15)33-13-22(24,25)26/h2-10,12H,11,13H2,1H3,(H,28,32)/b9-8+. The highest BCUT2D eigenvalue weighted by atomic mass is 32.1. The summed E-state index contributed by atoms with van der Waals surface area (Å²) in [5.74, 6) is -1.80. The summed E-state index contributed by atoms with van der Waals surface area (Å²) in [5.41, 5.74) is 0.678. The van der Waals surface area contributed by atoms with E-state index in [0.717, 1.165) is 16.2 Å². The Morgan fingerprint density at radius 1 is 1.21 bits per heavy atom. The zero-order chi connectivity index (χ0) is 24.7. The van der Waals surface area contributed by atoms with E-state index in [1.807, 2.05) is 0 Å². The van der Waals surface area contributed by atoms with Gasteiger partial charge in [-0.15, -0.1) is 11.3 Å². The van der Waals surface area contributed by atoms with Crippen LogP contribution in [0.15, 0.2) is 54.1 Å². The Kier molecular flexibility index (Phi) is 7.95. The molecule has 12 heteroatoms. The monoisotopic (exact) mass is 494 g/mol. The predicted octanol–water partition coefficient (Wildman–Crippen LogP) is 4.63. The average Bonchev–Trinajstić information content (AvgIpc) is 3.24. The number of alkyl halides is 3. The summed E-state index contributed by atoms with van der Waals surface area (Å²) in [6, 6.07) is 8.76. The van der Waals surface area contributed by atoms with Crippen molar-refractivity contribution in [2.45, 2.75) is 19.6 Å². The van der Waals surface area contributed by atoms with E-state index in [2.05, 4.69) is 20.0 Å². The number of hydrogen-bond donors (Lipinski definition) is 1. The largest absolute Gasteiger partial charge is 0.468 e. The van der Waals surface area contributed by atoms with Crippen LogP contribution in [-0.4, -0.2) is 34.6 Å². The molecule has 1 N–H and O–H groups in total. The number of benzene rings is 1. The number of amides is 2. The first kappa shape index (κ1) is 24.8. The number of para-hydroxylation sites is 1. The first-order valence-corrected chi connectivity index (χ1v) is 10.6. The van der Waals surface area contributed by atoms with Crippen molar-refractivity contribution in [3.05, 3.63) is 71.1 Å². The molecule has 2 heterocycles. The fourth-order valence-corrected chi connectivity index (χ4v) is 3.58. The second kappa shape index (κ2) is 10.9. The number of thiazole rings is 1. The summed E-state index contributed by atoms with van der Waals surface area (Å²) in [5, 5.41) is 4.33. The molecule has 2 aromatic heterocycles. The molecule has 3 rings (SSSR count). The van der Waals surface area contributed by atoms with Crippen molar-refractivity contribution >= 4 is 40.0 Å². The lowest BCUT2D eigenvalue weighted by molar-refractivity contribution is -0.154. The van der Waals surface area contributed by atoms with Crippen molar-refractivity contribution in [3.8, 4) is 5.88 Å². The fraction of sp³-hybridized carbons (Fsp3) is 0.182. The van der Waals surface area contributed by atoms with Gasteiger partial charge in [0.05, 0.1) is 11.4 Å². The number of carbonyl (C=O) groups excluding carboxylic acids is 2. The molecule has 7 nitrogen and oxygen atoms in total. The summed E-state index contributed by atoms with van der Waals surface area (Å²) in [7, 11) is 0. The van der Waals surface area contributed by atoms with Crippen LogP contribution < -0.4 is 15.0 Å². The molecule has 1 aromatic carbocycles. The highest BCUT2D eigenvalue weighted by molar-refractivity contribution is 7.14. The Hall–Kier alpha value is -3.80. The third kappa shape index (κ3) is 6.85. The van der Waals surface area contributed by atoms with Gasteiger partial charge in [-0.25, -0.2) is 14.4 Å². The lowest BCUT2D eigenvalue weighted by Crippen LogP contribution is -2.23. The predicted molar refractivity (Wildman–Crippen MR) is 118 cm³/mol. The fourth-order valence-electron chi connectivity index (χ4n) is 2.74. The number of carbonyl (C=O) groups is 2. The summed E-state index contributed by atoms with van der Waals surface area (Å²) >= 11 is 1.09. The maximum absolute atomic E-state index is 14.2. The van der Waals surface area contributed by atoms with E-state index in [9.17, 15) is 27.2 Å². The number of nitrogens with zero attached hydrogens (tertiary/aromatic N) is 3. The summed E-state index contributed by atoms with van der Waals surface area (Å²) in [6.07, 6.45) is -0.675. The van der Waals surface area contributed by atoms with Gasteiger partial charge in [0.1, 0.15) is 5.82 Å². The van der Waals surface area contributed by atoms with Crippen LogP contribution in [0.1, 0.15) is 18.2 Å². The molecule has 0 unspecified atom stereocenters. The minimum Gasteiger partial charge on any atom is -0.468 e. The molecule has 178 valence electrons. The molecule has 0 spiro atoms. The summed E-state index contributed by atoms with van der Waals surface area (Å²) < 4.78 is 56.0. The third-order valence-electron chi connectivity index (χ3n) is 4.19. The Bertz CT molecular complexity index is 1200. The van der Waals surface area contributed by atoms with Crippen molar-refractivity contribution in [1.82, 2.24) is 15.3 Å². The highest BCUT2D eigenvalue weighted by Crippen LogP contribution is 2.31. The van der Waals surface area contributed by atoms with Crippen LogP contribution in [0.4, 0.5) is 28.4 Å². The van der Waals surface area contributed by atoms with Gasteiger partial charge in [-0.3, -0.25) is 14.5 Å². The second-order valence-corrected chi connectivity index (χ2v) is 7.62. The molecule has 0 radical (unpaired) electrons. The van der Waals surface area contributed by atoms with E-state index < -0.39 is 30.4 Å². The molecular weight excluding hydrogens is 476 g/mol. The Morgan fingerprint density at radius 2 is 1.97 bits per heavy atom. The molecule has 2 amide bonds. The van der Waals surface area contributed by atoms with E-state index >= 15 is 0 Å². The molecule has 0 bridgehead atoms. The van der Waals surface area contributed by atoms with Gasteiger partial charge >= 0.3 is 6.18 Å². The van der Waals surface area contributed by atoms with Crippen LogP contribution >= 0.6 is 11.3 Å². The Labute approximate surface area is 195 Å². The van der Waals surface area contributed by atoms with E-state index in [0.29, 0.717) is 5.69 Å². The number of hydrogen-bond acceptors (Lipinski definition) is 6. The highest BCUT2D eigenvalue weighted by Gasteiger charge is 2.29. The van der Waals surface area contributed by atoms with Gasteiger partial charge in [0.25, 0.3) is 0 Å². The molecule has 3 aromatic rings. The lowest BCUT2D eigenvalue weighted by atomic mass is 10.2. The first-order chi connectivity index (χ1) is 16.1. The van der Waals surface area contributed by atoms with Crippen LogP contribution in [0.5, 0.6) is 5.88 Å². The van der Waals surface area contributed by atoms with Crippen LogP contribution in [0.3, 0.4) is 0 Å². The van der Waals surface area contributed by atoms with Crippen molar-refractivity contribution in [3.63, 3.8) is 0 Å². The van der Waals surface area contributed by atoms with E-state index in [1.165, 1.54) is 55.6 Å². The van der Waals surface area contributed by atoms with Crippen LogP contribution in [0.25, 0.3) is 6.08 Å². The Balaban J connectivity index is 1.64. The van der Waals surface area contributed by atoms with Gasteiger partial charge in [-0.05, 0) is 24.3 Å². The molecule has 0 atom stereocenters. The Morgan fingerprint density at radius 3 is 2.68 bits per heavy atom.